The van der Waals surface area contributed by atoms with Gasteiger partial charge >= 0.3 is 0 Å². The van der Waals surface area contributed by atoms with E-state index < -0.39 is 0 Å². The number of benzene rings is 2. The highest BCUT2D eigenvalue weighted by atomic mass is 19.1. The van der Waals surface area contributed by atoms with Gasteiger partial charge in [0.1, 0.15) is 5.82 Å². The van der Waals surface area contributed by atoms with Crippen LogP contribution in [0.3, 0.4) is 0 Å². The second-order valence-corrected chi connectivity index (χ2v) is 5.17. The fourth-order valence-electron chi connectivity index (χ4n) is 2.46. The van der Waals surface area contributed by atoms with E-state index in [4.69, 9.17) is 5.73 Å². The predicted octanol–water partition coefficient (Wildman–Crippen LogP) is 3.61. The van der Waals surface area contributed by atoms with Crippen molar-refractivity contribution < 1.29 is 4.39 Å². The molecule has 0 aliphatic carbocycles. The van der Waals surface area contributed by atoms with Crippen LogP contribution in [0.1, 0.15) is 18.4 Å². The molecule has 0 saturated carbocycles. The van der Waals surface area contributed by atoms with Gasteiger partial charge < -0.3 is 10.6 Å². The zero-order valence-electron chi connectivity index (χ0n) is 12.3. The van der Waals surface area contributed by atoms with Gasteiger partial charge in [-0.3, -0.25) is 0 Å². The zero-order chi connectivity index (χ0) is 14.9. The predicted molar refractivity (Wildman–Crippen MR) is 87.0 cm³/mol. The van der Waals surface area contributed by atoms with Crippen molar-refractivity contribution >= 4 is 5.69 Å². The van der Waals surface area contributed by atoms with Gasteiger partial charge in [-0.2, -0.15) is 0 Å². The summed E-state index contributed by atoms with van der Waals surface area (Å²) in [7, 11) is 0. The molecule has 0 aliphatic rings. The molecule has 0 saturated heterocycles. The third-order valence-corrected chi connectivity index (χ3v) is 3.56. The summed E-state index contributed by atoms with van der Waals surface area (Å²) < 4.78 is 13.9. The van der Waals surface area contributed by atoms with Crippen molar-refractivity contribution in [3.8, 4) is 0 Å². The van der Waals surface area contributed by atoms with Crippen molar-refractivity contribution in [2.75, 3.05) is 24.5 Å². The zero-order valence-corrected chi connectivity index (χ0v) is 12.3. The topological polar surface area (TPSA) is 29.3 Å². The van der Waals surface area contributed by atoms with E-state index in [0.29, 0.717) is 12.2 Å². The van der Waals surface area contributed by atoms with E-state index in [1.165, 1.54) is 11.6 Å². The Morgan fingerprint density at radius 2 is 1.52 bits per heavy atom. The van der Waals surface area contributed by atoms with Crippen molar-refractivity contribution in [2.24, 2.45) is 5.73 Å². The Kier molecular flexibility index (Phi) is 6.22. The standard InChI is InChI=1S/C18H23FN2/c19-17-11-4-5-12-18(17)21(15-7-13-20)14-6-10-16-8-2-1-3-9-16/h1-5,8-9,11-12H,6-7,10,13-15,20H2. The average Bonchev–Trinajstić information content (AvgIpc) is 2.52. The molecule has 0 radical (unpaired) electrons. The molecule has 21 heavy (non-hydrogen) atoms. The number of nitrogens with two attached hydrogens (primary N) is 1. The molecule has 2 nitrogen and oxygen atoms in total. The van der Waals surface area contributed by atoms with Gasteiger partial charge in [-0.15, -0.1) is 0 Å². The summed E-state index contributed by atoms with van der Waals surface area (Å²) in [6.45, 7) is 2.27. The monoisotopic (exact) mass is 286 g/mol. The fourth-order valence-corrected chi connectivity index (χ4v) is 2.46. The number of aryl methyl sites for hydroxylation is 1. The maximum Gasteiger partial charge on any atom is 0.146 e. The van der Waals surface area contributed by atoms with Crippen LogP contribution in [0.4, 0.5) is 10.1 Å². The Morgan fingerprint density at radius 1 is 0.857 bits per heavy atom. The third-order valence-electron chi connectivity index (χ3n) is 3.56. The van der Waals surface area contributed by atoms with Crippen molar-refractivity contribution in [1.82, 2.24) is 0 Å². The molecule has 2 N–H and O–H groups in total. The summed E-state index contributed by atoms with van der Waals surface area (Å²) in [4.78, 5) is 2.10. The first-order valence-corrected chi connectivity index (χ1v) is 7.54. The number of halogens is 1. The maximum absolute atomic E-state index is 13.9. The van der Waals surface area contributed by atoms with Crippen LogP contribution < -0.4 is 10.6 Å². The molecule has 2 aromatic carbocycles. The molecule has 0 aliphatic heterocycles. The van der Waals surface area contributed by atoms with Crippen LogP contribution in [-0.4, -0.2) is 19.6 Å². The van der Waals surface area contributed by atoms with Crippen molar-refractivity contribution in [3.05, 3.63) is 66.0 Å². The summed E-state index contributed by atoms with van der Waals surface area (Å²) in [5.74, 6) is -0.158. The molecule has 3 heteroatoms. The molecule has 0 unspecified atom stereocenters. The highest BCUT2D eigenvalue weighted by Crippen LogP contribution is 2.19. The number of rotatable bonds is 8. The Hall–Kier alpha value is -1.87. The first-order chi connectivity index (χ1) is 10.3. The Balaban J connectivity index is 1.95. The molecule has 0 spiro atoms. The first kappa shape index (κ1) is 15.5. The van der Waals surface area contributed by atoms with Crippen LogP contribution in [0.2, 0.25) is 0 Å². The van der Waals surface area contributed by atoms with Crippen LogP contribution in [0, 0.1) is 5.82 Å². The molecule has 0 atom stereocenters. The highest BCUT2D eigenvalue weighted by molar-refractivity contribution is 5.47. The van der Waals surface area contributed by atoms with E-state index in [1.54, 1.807) is 6.07 Å². The second-order valence-electron chi connectivity index (χ2n) is 5.17. The normalized spacial score (nSPS) is 10.6. The lowest BCUT2D eigenvalue weighted by Crippen LogP contribution is -2.28. The van der Waals surface area contributed by atoms with Crippen molar-refractivity contribution in [3.63, 3.8) is 0 Å². The SMILES string of the molecule is NCCCN(CCCc1ccccc1)c1ccccc1F. The Labute approximate surface area is 126 Å². The Bertz CT molecular complexity index is 528. The van der Waals surface area contributed by atoms with Gasteiger partial charge in [0.25, 0.3) is 0 Å². The van der Waals surface area contributed by atoms with Crippen molar-refractivity contribution in [1.29, 1.82) is 0 Å². The number of nitrogens with zero attached hydrogens (tertiary/aromatic N) is 1. The molecule has 2 aromatic rings. The molecular weight excluding hydrogens is 263 g/mol. The number of para-hydroxylation sites is 1. The lowest BCUT2D eigenvalue weighted by Gasteiger charge is -2.25. The van der Waals surface area contributed by atoms with Gasteiger partial charge in [-0.25, -0.2) is 4.39 Å². The smallest absolute Gasteiger partial charge is 0.146 e. The third kappa shape index (κ3) is 4.87. The molecular formula is C18H23FN2. The van der Waals surface area contributed by atoms with E-state index in [9.17, 15) is 4.39 Å². The van der Waals surface area contributed by atoms with Gasteiger partial charge in [0.05, 0.1) is 5.69 Å². The summed E-state index contributed by atoms with van der Waals surface area (Å²) in [6.07, 6.45) is 2.89. The Morgan fingerprint density at radius 3 is 2.24 bits per heavy atom. The number of hydrogen-bond donors (Lipinski definition) is 1. The lowest BCUT2D eigenvalue weighted by atomic mass is 10.1. The van der Waals surface area contributed by atoms with Gasteiger partial charge in [-0.05, 0) is 43.5 Å². The summed E-state index contributed by atoms with van der Waals surface area (Å²) in [5, 5.41) is 0. The number of hydrogen-bond acceptors (Lipinski definition) is 2. The molecule has 0 amide bonds. The van der Waals surface area contributed by atoms with Gasteiger partial charge in [0, 0.05) is 13.1 Å². The van der Waals surface area contributed by atoms with Crippen LogP contribution >= 0.6 is 0 Å². The van der Waals surface area contributed by atoms with Crippen LogP contribution in [-0.2, 0) is 6.42 Å². The molecule has 0 fully saturated rings. The minimum absolute atomic E-state index is 0.158. The quantitative estimate of drug-likeness (QED) is 0.803. The van der Waals surface area contributed by atoms with Crippen LogP contribution in [0.5, 0.6) is 0 Å². The minimum Gasteiger partial charge on any atom is -0.369 e. The lowest BCUT2D eigenvalue weighted by molar-refractivity contribution is 0.608. The maximum atomic E-state index is 13.9. The molecule has 0 heterocycles. The van der Waals surface area contributed by atoms with Gasteiger partial charge in [0.15, 0.2) is 0 Å². The molecule has 2 rings (SSSR count). The number of anilines is 1. The van der Waals surface area contributed by atoms with Gasteiger partial charge in [0.2, 0.25) is 0 Å². The highest BCUT2D eigenvalue weighted by Gasteiger charge is 2.10. The van der Waals surface area contributed by atoms with Gasteiger partial charge in [-0.1, -0.05) is 42.5 Å². The summed E-state index contributed by atoms with van der Waals surface area (Å²) in [5.41, 5.74) is 7.60. The second kappa shape index (κ2) is 8.42. The first-order valence-electron chi connectivity index (χ1n) is 7.54. The van der Waals surface area contributed by atoms with Crippen molar-refractivity contribution in [2.45, 2.75) is 19.3 Å². The van der Waals surface area contributed by atoms with E-state index in [2.05, 4.69) is 29.2 Å². The minimum atomic E-state index is -0.158. The van der Waals surface area contributed by atoms with E-state index >= 15 is 0 Å². The molecule has 0 bridgehead atoms. The fraction of sp³-hybridized carbons (Fsp3) is 0.333. The van der Waals surface area contributed by atoms with Crippen LogP contribution in [0.25, 0.3) is 0 Å². The molecule has 112 valence electrons. The van der Waals surface area contributed by atoms with E-state index in [0.717, 1.165) is 32.4 Å². The van der Waals surface area contributed by atoms with E-state index in [1.807, 2.05) is 18.2 Å². The average molecular weight is 286 g/mol. The largest absolute Gasteiger partial charge is 0.369 e. The van der Waals surface area contributed by atoms with Crippen LogP contribution in [0.15, 0.2) is 54.6 Å². The molecule has 0 aromatic heterocycles. The van der Waals surface area contributed by atoms with E-state index in [-0.39, 0.29) is 5.82 Å². The summed E-state index contributed by atoms with van der Waals surface area (Å²) in [6, 6.07) is 17.4. The summed E-state index contributed by atoms with van der Waals surface area (Å²) >= 11 is 0.